The maximum absolute atomic E-state index is 12.7. The van der Waals surface area contributed by atoms with Gasteiger partial charge in [0.2, 0.25) is 5.91 Å². The highest BCUT2D eigenvalue weighted by molar-refractivity contribution is 6.30. The summed E-state index contributed by atoms with van der Waals surface area (Å²) in [6.45, 7) is 3.22. The number of aliphatic hydroxyl groups excluding tert-OH is 1. The molecule has 7 heteroatoms. The van der Waals surface area contributed by atoms with Crippen LogP contribution in [0.2, 0.25) is 5.02 Å². The van der Waals surface area contributed by atoms with Crippen molar-refractivity contribution in [2.45, 2.75) is 45.3 Å². The molecule has 0 spiro atoms. The van der Waals surface area contributed by atoms with Gasteiger partial charge in [-0.05, 0) is 43.0 Å². The van der Waals surface area contributed by atoms with Crippen LogP contribution in [-0.4, -0.2) is 35.2 Å². The van der Waals surface area contributed by atoms with Crippen molar-refractivity contribution in [3.05, 3.63) is 53.2 Å². The van der Waals surface area contributed by atoms with Gasteiger partial charge in [0, 0.05) is 29.4 Å². The predicted octanol–water partition coefficient (Wildman–Crippen LogP) is 4.03. The van der Waals surface area contributed by atoms with Crippen LogP contribution in [0.4, 0.5) is 5.82 Å². The highest BCUT2D eigenvalue weighted by Gasteiger charge is 2.32. The van der Waals surface area contributed by atoms with Crippen LogP contribution in [0.15, 0.2) is 42.6 Å². The number of aliphatic hydroxyl groups is 1. The molecule has 3 rings (SSSR count). The molecule has 0 radical (unpaired) electrons. The third-order valence-corrected chi connectivity index (χ3v) is 5.79. The molecule has 1 aromatic heterocycles. The lowest BCUT2D eigenvalue weighted by Gasteiger charge is -2.35. The first-order chi connectivity index (χ1) is 14.6. The number of anilines is 1. The van der Waals surface area contributed by atoms with E-state index in [1.807, 2.05) is 18.2 Å². The molecule has 30 heavy (non-hydrogen) atoms. The average Bonchev–Trinajstić information content (AvgIpc) is 2.77. The van der Waals surface area contributed by atoms with Crippen molar-refractivity contribution >= 4 is 23.3 Å². The van der Waals surface area contributed by atoms with E-state index in [0.717, 1.165) is 31.2 Å². The summed E-state index contributed by atoms with van der Waals surface area (Å²) in [4.78, 5) is 17.1. The standard InChI is InChI=1S/C23H30ClN3O3/c1-2-3-5-17-10-18(13-25-21(17)14-28)23(29)27-22-9-8-16(12-26-22)15-30-20-7-4-6-19(24)11-20/h4,6-9,11-12,17-18,21,25,28H,2-3,5,10,13-15H2,1H3,(H,26,27,29). The number of hydrogen-bond donors (Lipinski definition) is 3. The van der Waals surface area contributed by atoms with Gasteiger partial charge in [-0.3, -0.25) is 4.79 Å². The summed E-state index contributed by atoms with van der Waals surface area (Å²) in [7, 11) is 0. The van der Waals surface area contributed by atoms with Crippen molar-refractivity contribution in [3.63, 3.8) is 0 Å². The van der Waals surface area contributed by atoms with E-state index in [2.05, 4.69) is 22.5 Å². The topological polar surface area (TPSA) is 83.5 Å². The zero-order valence-corrected chi connectivity index (χ0v) is 18.1. The number of pyridine rings is 1. The SMILES string of the molecule is CCCCC1CC(C(=O)Nc2ccc(COc3cccc(Cl)c3)cn2)CNC1CO. The lowest BCUT2D eigenvalue weighted by molar-refractivity contribution is -0.121. The minimum atomic E-state index is -0.123. The number of benzene rings is 1. The summed E-state index contributed by atoms with van der Waals surface area (Å²) >= 11 is 5.96. The summed E-state index contributed by atoms with van der Waals surface area (Å²) in [6.07, 6.45) is 5.74. The third kappa shape index (κ3) is 6.42. The number of nitrogens with one attached hydrogen (secondary N) is 2. The quantitative estimate of drug-likeness (QED) is 0.558. The fourth-order valence-corrected chi connectivity index (χ4v) is 3.99. The summed E-state index contributed by atoms with van der Waals surface area (Å²) in [5, 5.41) is 16.5. The zero-order valence-electron chi connectivity index (χ0n) is 17.3. The van der Waals surface area contributed by atoms with Gasteiger partial charge in [-0.25, -0.2) is 4.98 Å². The first-order valence-electron chi connectivity index (χ1n) is 10.6. The number of ether oxygens (including phenoxy) is 1. The minimum Gasteiger partial charge on any atom is -0.489 e. The van der Waals surface area contributed by atoms with Crippen LogP contribution >= 0.6 is 11.6 Å². The van der Waals surface area contributed by atoms with E-state index in [9.17, 15) is 9.90 Å². The van der Waals surface area contributed by atoms with Crippen LogP contribution in [0.3, 0.4) is 0 Å². The monoisotopic (exact) mass is 431 g/mol. The summed E-state index contributed by atoms with van der Waals surface area (Å²) in [5.74, 6) is 1.39. The van der Waals surface area contributed by atoms with Gasteiger partial charge in [-0.2, -0.15) is 0 Å². The van der Waals surface area contributed by atoms with E-state index in [1.165, 1.54) is 0 Å². The lowest BCUT2D eigenvalue weighted by atomic mass is 9.81. The lowest BCUT2D eigenvalue weighted by Crippen LogP contribution is -2.50. The second kappa shape index (κ2) is 11.3. The fraction of sp³-hybridized carbons (Fsp3) is 0.478. The Hall–Kier alpha value is -2.15. The second-order valence-electron chi connectivity index (χ2n) is 7.82. The van der Waals surface area contributed by atoms with Crippen LogP contribution in [0, 0.1) is 11.8 Å². The Morgan fingerprint density at radius 1 is 1.37 bits per heavy atom. The Morgan fingerprint density at radius 2 is 2.23 bits per heavy atom. The van der Waals surface area contributed by atoms with Gasteiger partial charge in [0.15, 0.2) is 0 Å². The first kappa shape index (κ1) is 22.5. The number of amides is 1. The van der Waals surface area contributed by atoms with Crippen LogP contribution < -0.4 is 15.4 Å². The molecule has 2 aromatic rings. The van der Waals surface area contributed by atoms with Gasteiger partial charge in [0.1, 0.15) is 18.2 Å². The molecule has 0 aliphatic carbocycles. The molecule has 3 unspecified atom stereocenters. The van der Waals surface area contributed by atoms with E-state index in [1.54, 1.807) is 24.4 Å². The van der Waals surface area contributed by atoms with Gasteiger partial charge >= 0.3 is 0 Å². The van der Waals surface area contributed by atoms with Gasteiger partial charge in [0.05, 0.1) is 12.5 Å². The summed E-state index contributed by atoms with van der Waals surface area (Å²) in [6, 6.07) is 11.0. The van der Waals surface area contributed by atoms with Crippen molar-refractivity contribution in [1.82, 2.24) is 10.3 Å². The molecule has 1 amide bonds. The number of halogens is 1. The van der Waals surface area contributed by atoms with E-state index >= 15 is 0 Å². The largest absolute Gasteiger partial charge is 0.489 e. The van der Waals surface area contributed by atoms with Gasteiger partial charge in [-0.15, -0.1) is 0 Å². The molecule has 0 saturated carbocycles. The molecule has 6 nitrogen and oxygen atoms in total. The molecule has 1 aliphatic rings. The van der Waals surface area contributed by atoms with Crippen LogP contribution in [0.5, 0.6) is 5.75 Å². The van der Waals surface area contributed by atoms with Gasteiger partial charge in [-0.1, -0.05) is 43.5 Å². The number of piperidine rings is 1. The molecular formula is C23H30ClN3O3. The Morgan fingerprint density at radius 3 is 2.93 bits per heavy atom. The number of hydrogen-bond acceptors (Lipinski definition) is 5. The molecule has 2 heterocycles. The molecule has 0 bridgehead atoms. The molecule has 1 aliphatic heterocycles. The van der Waals surface area contributed by atoms with E-state index in [-0.39, 0.29) is 24.5 Å². The third-order valence-electron chi connectivity index (χ3n) is 5.56. The minimum absolute atomic E-state index is 0.0317. The van der Waals surface area contributed by atoms with Crippen molar-refractivity contribution in [3.8, 4) is 5.75 Å². The number of carbonyl (C=O) groups excluding carboxylic acids is 1. The van der Waals surface area contributed by atoms with Crippen molar-refractivity contribution in [2.24, 2.45) is 11.8 Å². The molecule has 1 aromatic carbocycles. The van der Waals surface area contributed by atoms with Crippen LogP contribution in [-0.2, 0) is 11.4 Å². The van der Waals surface area contributed by atoms with Gasteiger partial charge < -0.3 is 20.5 Å². The number of rotatable bonds is 9. The summed E-state index contributed by atoms with van der Waals surface area (Å²) in [5.41, 5.74) is 0.901. The fourth-order valence-electron chi connectivity index (χ4n) is 3.81. The van der Waals surface area contributed by atoms with Crippen molar-refractivity contribution in [1.29, 1.82) is 0 Å². The van der Waals surface area contributed by atoms with E-state index < -0.39 is 0 Å². The smallest absolute Gasteiger partial charge is 0.229 e. The Labute approximate surface area is 183 Å². The van der Waals surface area contributed by atoms with Gasteiger partial charge in [0.25, 0.3) is 0 Å². The highest BCUT2D eigenvalue weighted by Crippen LogP contribution is 2.27. The maximum Gasteiger partial charge on any atom is 0.229 e. The Balaban J connectivity index is 1.51. The molecule has 3 atom stereocenters. The molecule has 3 N–H and O–H groups in total. The molecular weight excluding hydrogens is 402 g/mol. The second-order valence-corrected chi connectivity index (χ2v) is 8.26. The molecule has 1 fully saturated rings. The number of aromatic nitrogens is 1. The van der Waals surface area contributed by atoms with E-state index in [0.29, 0.717) is 35.7 Å². The molecule has 1 saturated heterocycles. The number of carbonyl (C=O) groups is 1. The maximum atomic E-state index is 12.7. The Kier molecular flexibility index (Phi) is 8.49. The van der Waals surface area contributed by atoms with Crippen molar-refractivity contribution in [2.75, 3.05) is 18.5 Å². The van der Waals surface area contributed by atoms with Crippen molar-refractivity contribution < 1.29 is 14.6 Å². The summed E-state index contributed by atoms with van der Waals surface area (Å²) < 4.78 is 5.71. The molecule has 162 valence electrons. The first-order valence-corrected chi connectivity index (χ1v) is 10.9. The van der Waals surface area contributed by atoms with Crippen LogP contribution in [0.1, 0.15) is 38.2 Å². The average molecular weight is 432 g/mol. The van der Waals surface area contributed by atoms with Crippen LogP contribution in [0.25, 0.3) is 0 Å². The normalized spacial score (nSPS) is 21.2. The highest BCUT2D eigenvalue weighted by atomic mass is 35.5. The Bertz CT molecular complexity index is 816. The number of unbranched alkanes of at least 4 members (excludes halogenated alkanes) is 1. The number of nitrogens with zero attached hydrogens (tertiary/aromatic N) is 1. The zero-order chi connectivity index (χ0) is 21.3. The van der Waals surface area contributed by atoms with E-state index in [4.69, 9.17) is 16.3 Å². The predicted molar refractivity (Wildman–Crippen MR) is 119 cm³/mol.